The van der Waals surface area contributed by atoms with E-state index < -0.39 is 0 Å². The van der Waals surface area contributed by atoms with E-state index in [1.807, 2.05) is 32.3 Å². The van der Waals surface area contributed by atoms with E-state index >= 15 is 0 Å². The molecule has 5 atom stereocenters. The Morgan fingerprint density at radius 1 is 1.06 bits per heavy atom. The van der Waals surface area contributed by atoms with Crippen LogP contribution < -0.4 is 10.9 Å². The molecule has 31 heavy (non-hydrogen) atoms. The Morgan fingerprint density at radius 3 is 2.48 bits per heavy atom. The Labute approximate surface area is 185 Å². The van der Waals surface area contributed by atoms with Gasteiger partial charge in [0.05, 0.1) is 5.52 Å². The third-order valence-corrected chi connectivity index (χ3v) is 7.76. The van der Waals surface area contributed by atoms with Crippen LogP contribution in [0.4, 0.5) is 0 Å². The highest BCUT2D eigenvalue weighted by molar-refractivity contribution is 5.80. The normalized spacial score (nSPS) is 31.5. The van der Waals surface area contributed by atoms with Gasteiger partial charge in [0.25, 0.3) is 5.56 Å². The van der Waals surface area contributed by atoms with Crippen molar-refractivity contribution < 1.29 is 4.79 Å². The molecule has 2 aromatic heterocycles. The summed E-state index contributed by atoms with van der Waals surface area (Å²) in [6.45, 7) is 8.71. The van der Waals surface area contributed by atoms with Crippen molar-refractivity contribution in [2.24, 2.45) is 30.7 Å². The lowest BCUT2D eigenvalue weighted by Gasteiger charge is -2.37. The molecule has 2 saturated carbocycles. The Balaban J connectivity index is 1.54. The number of pyridine rings is 2. The Hall–Kier alpha value is -2.17. The van der Waals surface area contributed by atoms with Crippen LogP contribution in [0.25, 0.3) is 10.9 Å². The molecule has 5 heteroatoms. The number of amides is 1. The summed E-state index contributed by atoms with van der Waals surface area (Å²) in [4.78, 5) is 30.7. The molecule has 0 aromatic carbocycles. The summed E-state index contributed by atoms with van der Waals surface area (Å²) in [5.74, 6) is 2.19. The SMILES string of the molecule is Cc1cc2c(cn1)cc(C1CC(NC(=O)C3CC(C)CC(C)C3)CCC1C)c(=O)n2C. The number of nitrogens with zero attached hydrogens (tertiary/aromatic N) is 2. The second kappa shape index (κ2) is 8.76. The van der Waals surface area contributed by atoms with Gasteiger partial charge in [-0.25, -0.2) is 0 Å². The number of aryl methyl sites for hydroxylation is 2. The number of fused-ring (bicyclic) bond motifs is 1. The molecule has 2 fully saturated rings. The summed E-state index contributed by atoms with van der Waals surface area (Å²) in [5.41, 5.74) is 2.79. The predicted molar refractivity (Wildman–Crippen MR) is 125 cm³/mol. The Kier molecular flexibility index (Phi) is 6.23. The van der Waals surface area contributed by atoms with Crippen molar-refractivity contribution >= 4 is 16.8 Å². The topological polar surface area (TPSA) is 64.0 Å². The molecule has 2 aromatic rings. The van der Waals surface area contributed by atoms with Crippen LogP contribution in [0.1, 0.15) is 76.5 Å². The molecular weight excluding hydrogens is 386 g/mol. The fraction of sp³-hybridized carbons (Fsp3) is 0.654. The first-order valence-corrected chi connectivity index (χ1v) is 12.0. The molecule has 5 unspecified atom stereocenters. The third kappa shape index (κ3) is 4.56. The molecule has 168 valence electrons. The molecule has 2 aliphatic rings. The molecule has 1 N–H and O–H groups in total. The summed E-state index contributed by atoms with van der Waals surface area (Å²) in [6, 6.07) is 4.16. The first kappa shape index (κ1) is 22.0. The molecule has 0 radical (unpaired) electrons. The highest BCUT2D eigenvalue weighted by atomic mass is 16.2. The van der Waals surface area contributed by atoms with Gasteiger partial charge < -0.3 is 9.88 Å². The highest BCUT2D eigenvalue weighted by Crippen LogP contribution is 2.38. The number of aromatic nitrogens is 2. The van der Waals surface area contributed by atoms with Crippen molar-refractivity contribution in [3.05, 3.63) is 39.9 Å². The number of hydrogen-bond donors (Lipinski definition) is 1. The van der Waals surface area contributed by atoms with Crippen molar-refractivity contribution in [1.82, 2.24) is 14.9 Å². The van der Waals surface area contributed by atoms with Gasteiger partial charge >= 0.3 is 0 Å². The van der Waals surface area contributed by atoms with E-state index in [2.05, 4.69) is 31.1 Å². The van der Waals surface area contributed by atoms with Crippen molar-refractivity contribution in [3.8, 4) is 0 Å². The van der Waals surface area contributed by atoms with Gasteiger partial charge in [-0.1, -0.05) is 20.8 Å². The summed E-state index contributed by atoms with van der Waals surface area (Å²) in [6.07, 6.45) is 7.96. The van der Waals surface area contributed by atoms with Gasteiger partial charge in [-0.2, -0.15) is 0 Å². The molecule has 2 heterocycles. The number of nitrogens with one attached hydrogen (secondary N) is 1. The summed E-state index contributed by atoms with van der Waals surface area (Å²) in [5, 5.41) is 4.37. The van der Waals surface area contributed by atoms with Crippen molar-refractivity contribution in [2.45, 2.75) is 78.2 Å². The minimum absolute atomic E-state index is 0.0804. The fourth-order valence-corrected chi connectivity index (χ4v) is 6.12. The number of carbonyl (C=O) groups is 1. The van der Waals surface area contributed by atoms with Crippen molar-refractivity contribution in [2.75, 3.05) is 0 Å². The summed E-state index contributed by atoms with van der Waals surface area (Å²) in [7, 11) is 1.85. The lowest BCUT2D eigenvalue weighted by atomic mass is 9.73. The van der Waals surface area contributed by atoms with Gasteiger partial charge in [-0.05, 0) is 81.3 Å². The molecule has 0 bridgehead atoms. The highest BCUT2D eigenvalue weighted by Gasteiger charge is 2.34. The maximum atomic E-state index is 13.2. The fourth-order valence-electron chi connectivity index (χ4n) is 6.12. The molecule has 0 saturated heterocycles. The van der Waals surface area contributed by atoms with E-state index in [9.17, 15) is 9.59 Å². The van der Waals surface area contributed by atoms with E-state index in [-0.39, 0.29) is 29.3 Å². The standard InChI is InChI=1S/C26H37N3O2/c1-15-8-16(2)10-19(9-15)25(30)28-21-7-6-17(3)22(13-21)23-12-20-14-27-18(4)11-24(20)29(5)26(23)31/h11-12,14-17,19,21-22H,6-10,13H2,1-5H3,(H,28,30). The van der Waals surface area contributed by atoms with Crippen LogP contribution in [0.2, 0.25) is 0 Å². The minimum Gasteiger partial charge on any atom is -0.353 e. The number of carbonyl (C=O) groups excluding carboxylic acids is 1. The van der Waals surface area contributed by atoms with Crippen LogP contribution in [-0.4, -0.2) is 21.5 Å². The second-order valence-corrected chi connectivity index (χ2v) is 10.6. The van der Waals surface area contributed by atoms with Crippen LogP contribution in [0.5, 0.6) is 0 Å². The lowest BCUT2D eigenvalue weighted by Crippen LogP contribution is -2.44. The van der Waals surface area contributed by atoms with Gasteiger partial charge in [0.15, 0.2) is 0 Å². The van der Waals surface area contributed by atoms with E-state index in [4.69, 9.17) is 0 Å². The van der Waals surface area contributed by atoms with Gasteiger partial charge in [0, 0.05) is 41.8 Å². The smallest absolute Gasteiger partial charge is 0.254 e. The van der Waals surface area contributed by atoms with Crippen LogP contribution in [0.3, 0.4) is 0 Å². The van der Waals surface area contributed by atoms with Crippen LogP contribution >= 0.6 is 0 Å². The van der Waals surface area contributed by atoms with Gasteiger partial charge in [0.2, 0.25) is 5.91 Å². The minimum atomic E-state index is 0.0804. The van der Waals surface area contributed by atoms with Crippen LogP contribution in [-0.2, 0) is 11.8 Å². The van der Waals surface area contributed by atoms with E-state index in [0.717, 1.165) is 54.3 Å². The lowest BCUT2D eigenvalue weighted by molar-refractivity contribution is -0.128. The van der Waals surface area contributed by atoms with Crippen molar-refractivity contribution in [1.29, 1.82) is 0 Å². The second-order valence-electron chi connectivity index (χ2n) is 10.6. The van der Waals surface area contributed by atoms with E-state index in [1.54, 1.807) is 4.57 Å². The van der Waals surface area contributed by atoms with Crippen LogP contribution in [0.15, 0.2) is 23.1 Å². The Morgan fingerprint density at radius 2 is 1.77 bits per heavy atom. The Bertz CT molecular complexity index is 1020. The summed E-state index contributed by atoms with van der Waals surface area (Å²) < 4.78 is 1.76. The maximum absolute atomic E-state index is 13.2. The molecular formula is C26H37N3O2. The zero-order valence-electron chi connectivity index (χ0n) is 19.6. The van der Waals surface area contributed by atoms with Gasteiger partial charge in [0.1, 0.15) is 0 Å². The number of rotatable bonds is 3. The maximum Gasteiger partial charge on any atom is 0.254 e. The third-order valence-electron chi connectivity index (χ3n) is 7.76. The zero-order valence-corrected chi connectivity index (χ0v) is 19.6. The number of hydrogen-bond acceptors (Lipinski definition) is 3. The molecule has 2 aliphatic carbocycles. The largest absolute Gasteiger partial charge is 0.353 e. The average Bonchev–Trinajstić information content (AvgIpc) is 2.72. The first-order chi connectivity index (χ1) is 14.7. The zero-order chi connectivity index (χ0) is 22.3. The monoisotopic (exact) mass is 423 g/mol. The van der Waals surface area contributed by atoms with Crippen LogP contribution in [0, 0.1) is 30.6 Å². The molecule has 0 aliphatic heterocycles. The summed E-state index contributed by atoms with van der Waals surface area (Å²) >= 11 is 0. The molecule has 5 nitrogen and oxygen atoms in total. The first-order valence-electron chi connectivity index (χ1n) is 12.0. The molecule has 1 amide bonds. The quantitative estimate of drug-likeness (QED) is 0.778. The average molecular weight is 424 g/mol. The van der Waals surface area contributed by atoms with E-state index in [1.165, 1.54) is 6.42 Å². The van der Waals surface area contributed by atoms with Crippen molar-refractivity contribution in [3.63, 3.8) is 0 Å². The van der Waals surface area contributed by atoms with E-state index in [0.29, 0.717) is 17.8 Å². The van der Waals surface area contributed by atoms with Gasteiger partial charge in [-0.3, -0.25) is 14.6 Å². The molecule has 0 spiro atoms. The predicted octanol–water partition coefficient (Wildman–Crippen LogP) is 4.70. The van der Waals surface area contributed by atoms with Gasteiger partial charge in [-0.15, -0.1) is 0 Å². The molecule has 4 rings (SSSR count).